The Balaban J connectivity index is 1.96. The van der Waals surface area contributed by atoms with Gasteiger partial charge in [0.15, 0.2) is 11.5 Å². The summed E-state index contributed by atoms with van der Waals surface area (Å²) in [6, 6.07) is 3.84. The number of ether oxygens (including phenoxy) is 2. The van der Waals surface area contributed by atoms with Gasteiger partial charge in [0.2, 0.25) is 0 Å². The van der Waals surface area contributed by atoms with E-state index in [2.05, 4.69) is 0 Å². The molecule has 22 heavy (non-hydrogen) atoms. The number of rotatable bonds is 6. The Labute approximate surface area is 132 Å². The maximum atomic E-state index is 11.8. The van der Waals surface area contributed by atoms with Crippen molar-refractivity contribution in [1.29, 1.82) is 0 Å². The highest BCUT2D eigenvalue weighted by atomic mass is 16.5. The summed E-state index contributed by atoms with van der Waals surface area (Å²) >= 11 is 0. The van der Waals surface area contributed by atoms with Crippen LogP contribution in [0.25, 0.3) is 0 Å². The van der Waals surface area contributed by atoms with Crippen molar-refractivity contribution in [3.8, 4) is 11.5 Å². The molecule has 0 radical (unpaired) electrons. The van der Waals surface area contributed by atoms with E-state index in [0.29, 0.717) is 30.5 Å². The Morgan fingerprint density at radius 1 is 1.32 bits per heavy atom. The van der Waals surface area contributed by atoms with Crippen molar-refractivity contribution in [2.45, 2.75) is 39.0 Å². The molecule has 2 atom stereocenters. The normalized spacial score (nSPS) is 21.9. The molecule has 2 unspecified atom stereocenters. The highest BCUT2D eigenvalue weighted by Gasteiger charge is 2.28. The van der Waals surface area contributed by atoms with Gasteiger partial charge in [-0.25, -0.2) is 0 Å². The van der Waals surface area contributed by atoms with Gasteiger partial charge in [0.25, 0.3) is 0 Å². The van der Waals surface area contributed by atoms with Crippen LogP contribution in [0.3, 0.4) is 0 Å². The van der Waals surface area contributed by atoms with Crippen molar-refractivity contribution in [3.05, 3.63) is 23.3 Å². The second kappa shape index (κ2) is 7.63. The summed E-state index contributed by atoms with van der Waals surface area (Å²) in [5, 5.41) is 10.1. The molecule has 0 saturated heterocycles. The smallest absolute Gasteiger partial charge is 0.160 e. The van der Waals surface area contributed by atoms with E-state index in [9.17, 15) is 9.90 Å². The van der Waals surface area contributed by atoms with E-state index in [1.165, 1.54) is 0 Å². The molecule has 0 bridgehead atoms. The van der Waals surface area contributed by atoms with E-state index < -0.39 is 0 Å². The molecule has 122 valence electrons. The van der Waals surface area contributed by atoms with Gasteiger partial charge in [-0.2, -0.15) is 0 Å². The Morgan fingerprint density at radius 3 is 2.77 bits per heavy atom. The third-order valence-corrected chi connectivity index (χ3v) is 4.79. The van der Waals surface area contributed by atoms with E-state index in [0.717, 1.165) is 36.8 Å². The predicted molar refractivity (Wildman–Crippen MR) is 85.4 cm³/mol. The summed E-state index contributed by atoms with van der Waals surface area (Å²) in [6.45, 7) is 2.46. The fourth-order valence-electron chi connectivity index (χ4n) is 3.34. The van der Waals surface area contributed by atoms with Gasteiger partial charge in [-0.1, -0.05) is 6.07 Å². The SMILES string of the molecule is COCC1CC(CCc2ccc(OC)c(O)c2C)CCC1=O. The lowest BCUT2D eigenvalue weighted by Crippen LogP contribution is -2.28. The van der Waals surface area contributed by atoms with E-state index in [-0.39, 0.29) is 11.7 Å². The number of hydrogen-bond acceptors (Lipinski definition) is 4. The Kier molecular flexibility index (Phi) is 5.83. The molecule has 1 aromatic carbocycles. The fourth-order valence-corrected chi connectivity index (χ4v) is 3.34. The topological polar surface area (TPSA) is 55.8 Å². The minimum absolute atomic E-state index is 0.0640. The van der Waals surface area contributed by atoms with Crippen molar-refractivity contribution in [2.75, 3.05) is 20.8 Å². The molecule has 0 heterocycles. The first-order valence-electron chi connectivity index (χ1n) is 7.93. The van der Waals surface area contributed by atoms with E-state index in [1.807, 2.05) is 19.1 Å². The number of carbonyl (C=O) groups is 1. The molecule has 4 nitrogen and oxygen atoms in total. The average Bonchev–Trinajstić information content (AvgIpc) is 2.52. The van der Waals surface area contributed by atoms with Crippen LogP contribution < -0.4 is 4.74 Å². The third-order valence-electron chi connectivity index (χ3n) is 4.79. The average molecular weight is 306 g/mol. The molecule has 1 saturated carbocycles. The van der Waals surface area contributed by atoms with Crippen molar-refractivity contribution in [2.24, 2.45) is 11.8 Å². The van der Waals surface area contributed by atoms with Crippen molar-refractivity contribution >= 4 is 5.78 Å². The number of methoxy groups -OCH3 is 2. The lowest BCUT2D eigenvalue weighted by Gasteiger charge is -2.27. The van der Waals surface area contributed by atoms with Gasteiger partial charge in [-0.15, -0.1) is 0 Å². The third kappa shape index (κ3) is 3.80. The first-order chi connectivity index (χ1) is 10.6. The number of phenolic OH excluding ortho intramolecular Hbond substituents is 1. The van der Waals surface area contributed by atoms with Crippen LogP contribution in [-0.4, -0.2) is 31.7 Å². The van der Waals surface area contributed by atoms with Crippen LogP contribution in [-0.2, 0) is 16.0 Å². The molecule has 0 aliphatic heterocycles. The maximum absolute atomic E-state index is 11.8. The quantitative estimate of drug-likeness (QED) is 0.876. The summed E-state index contributed by atoms with van der Waals surface area (Å²) in [5.74, 6) is 1.72. The van der Waals surface area contributed by atoms with Gasteiger partial charge in [0.1, 0.15) is 5.78 Å². The molecule has 2 rings (SSSR count). The molecule has 1 fully saturated rings. The van der Waals surface area contributed by atoms with Crippen LogP contribution >= 0.6 is 0 Å². The Hall–Kier alpha value is -1.55. The van der Waals surface area contributed by atoms with Crippen LogP contribution in [0.2, 0.25) is 0 Å². The summed E-state index contributed by atoms with van der Waals surface area (Å²) in [6.07, 6.45) is 4.53. The lowest BCUT2D eigenvalue weighted by atomic mass is 9.78. The summed E-state index contributed by atoms with van der Waals surface area (Å²) < 4.78 is 10.3. The molecular weight excluding hydrogens is 280 g/mol. The maximum Gasteiger partial charge on any atom is 0.160 e. The highest BCUT2D eigenvalue weighted by Crippen LogP contribution is 2.34. The number of benzene rings is 1. The van der Waals surface area contributed by atoms with Crippen molar-refractivity contribution in [1.82, 2.24) is 0 Å². The summed E-state index contributed by atoms with van der Waals surface area (Å²) in [4.78, 5) is 11.8. The standard InChI is InChI=1S/C18H26O4/c1-12-14(7-9-17(22-3)18(12)20)6-4-13-5-8-16(19)15(10-13)11-21-2/h7,9,13,15,20H,4-6,8,10-11H2,1-3H3. The second-order valence-corrected chi connectivity index (χ2v) is 6.20. The molecule has 1 aliphatic rings. The van der Waals surface area contributed by atoms with E-state index in [1.54, 1.807) is 14.2 Å². The molecule has 0 amide bonds. The van der Waals surface area contributed by atoms with Crippen LogP contribution in [0.1, 0.15) is 36.8 Å². The number of aryl methyl sites for hydroxylation is 1. The van der Waals surface area contributed by atoms with Crippen molar-refractivity contribution < 1.29 is 19.4 Å². The molecular formula is C18H26O4. The molecule has 1 aromatic rings. The zero-order chi connectivity index (χ0) is 16.1. The predicted octanol–water partition coefficient (Wildman–Crippen LogP) is 3.27. The van der Waals surface area contributed by atoms with Crippen LogP contribution in [0.4, 0.5) is 0 Å². The molecule has 0 aromatic heterocycles. The number of hydrogen-bond donors (Lipinski definition) is 1. The number of phenols is 1. The number of ketones is 1. The molecule has 4 heteroatoms. The van der Waals surface area contributed by atoms with Crippen molar-refractivity contribution in [3.63, 3.8) is 0 Å². The highest BCUT2D eigenvalue weighted by molar-refractivity contribution is 5.81. The number of Topliss-reactive ketones (excluding diaryl/α,β-unsaturated/α-hetero) is 1. The van der Waals surface area contributed by atoms with Crippen LogP contribution in [0.15, 0.2) is 12.1 Å². The molecule has 1 aliphatic carbocycles. The minimum atomic E-state index is 0.0640. The Morgan fingerprint density at radius 2 is 2.09 bits per heavy atom. The zero-order valence-electron chi connectivity index (χ0n) is 13.7. The fraction of sp³-hybridized carbons (Fsp3) is 0.611. The number of aromatic hydroxyl groups is 1. The van der Waals surface area contributed by atoms with E-state index in [4.69, 9.17) is 9.47 Å². The second-order valence-electron chi connectivity index (χ2n) is 6.20. The Bertz CT molecular complexity index is 524. The van der Waals surface area contributed by atoms with Gasteiger partial charge in [0.05, 0.1) is 13.7 Å². The molecule has 0 spiro atoms. The van der Waals surface area contributed by atoms with Gasteiger partial charge in [-0.3, -0.25) is 4.79 Å². The van der Waals surface area contributed by atoms with Gasteiger partial charge in [0, 0.05) is 19.4 Å². The lowest BCUT2D eigenvalue weighted by molar-refractivity contribution is -0.127. The zero-order valence-corrected chi connectivity index (χ0v) is 13.7. The van der Waals surface area contributed by atoms with Gasteiger partial charge < -0.3 is 14.6 Å². The van der Waals surface area contributed by atoms with Gasteiger partial charge in [-0.05, 0) is 55.7 Å². The summed E-state index contributed by atoms with van der Waals surface area (Å²) in [7, 11) is 3.21. The summed E-state index contributed by atoms with van der Waals surface area (Å²) in [5.41, 5.74) is 2.04. The number of carbonyl (C=O) groups excluding carboxylic acids is 1. The molecule has 1 N–H and O–H groups in total. The monoisotopic (exact) mass is 306 g/mol. The first kappa shape index (κ1) is 16.8. The van der Waals surface area contributed by atoms with Gasteiger partial charge >= 0.3 is 0 Å². The van der Waals surface area contributed by atoms with Crippen LogP contribution in [0.5, 0.6) is 11.5 Å². The minimum Gasteiger partial charge on any atom is -0.504 e. The largest absolute Gasteiger partial charge is 0.504 e. The van der Waals surface area contributed by atoms with E-state index >= 15 is 0 Å². The first-order valence-corrected chi connectivity index (χ1v) is 7.93. The van der Waals surface area contributed by atoms with Crippen LogP contribution in [0, 0.1) is 18.8 Å².